The maximum atomic E-state index is 12.9. The normalized spacial score (nSPS) is 21.0. The fourth-order valence-corrected chi connectivity index (χ4v) is 2.99. The molecule has 0 saturated carbocycles. The predicted octanol–water partition coefficient (Wildman–Crippen LogP) is 6.02. The molecule has 122 valence electrons. The van der Waals surface area contributed by atoms with E-state index in [1.807, 2.05) is 12.2 Å². The minimum absolute atomic E-state index is 0.0312. The lowest BCUT2D eigenvalue weighted by atomic mass is 9.86. The lowest BCUT2D eigenvalue weighted by molar-refractivity contribution is -0.143. The Bertz CT molecular complexity index is 683. The van der Waals surface area contributed by atoms with Crippen molar-refractivity contribution in [2.24, 2.45) is 0 Å². The molecule has 0 radical (unpaired) electrons. The molecule has 0 spiro atoms. The van der Waals surface area contributed by atoms with Gasteiger partial charge in [-0.2, -0.15) is 26.3 Å². The average Bonchev–Trinajstić information content (AvgIpc) is 2.89. The van der Waals surface area contributed by atoms with Gasteiger partial charge in [-0.15, -0.1) is 0 Å². The highest BCUT2D eigenvalue weighted by atomic mass is 19.4. The number of hydrogen-bond acceptors (Lipinski definition) is 0. The van der Waals surface area contributed by atoms with Crippen molar-refractivity contribution in [3.05, 3.63) is 70.3 Å². The molecule has 0 aliphatic heterocycles. The fraction of sp³-hybridized carbons (Fsp3) is 0.294. The molecule has 0 fully saturated rings. The first-order valence-corrected chi connectivity index (χ1v) is 7.03. The van der Waals surface area contributed by atoms with Crippen molar-refractivity contribution in [3.8, 4) is 0 Å². The Kier molecular flexibility index (Phi) is 3.65. The van der Waals surface area contributed by atoms with Crippen LogP contribution >= 0.6 is 0 Å². The molecule has 3 rings (SSSR count). The zero-order valence-corrected chi connectivity index (χ0v) is 11.8. The Balaban J connectivity index is 2.11. The molecular formula is C17H12F6. The third-order valence-electron chi connectivity index (χ3n) is 4.06. The first-order valence-electron chi connectivity index (χ1n) is 7.03. The predicted molar refractivity (Wildman–Crippen MR) is 73.7 cm³/mol. The number of halogens is 6. The van der Waals surface area contributed by atoms with Crippen molar-refractivity contribution in [2.45, 2.75) is 31.1 Å². The summed E-state index contributed by atoms with van der Waals surface area (Å²) in [5.41, 5.74) is -0.747. The minimum Gasteiger partial charge on any atom is -0.166 e. The highest BCUT2D eigenvalue weighted by molar-refractivity contribution is 5.53. The van der Waals surface area contributed by atoms with Gasteiger partial charge in [0, 0.05) is 5.92 Å². The summed E-state index contributed by atoms with van der Waals surface area (Å²) >= 11 is 0. The molecule has 6 heteroatoms. The van der Waals surface area contributed by atoms with E-state index in [1.54, 1.807) is 12.2 Å². The first kappa shape index (κ1) is 15.9. The summed E-state index contributed by atoms with van der Waals surface area (Å²) in [6.07, 6.45) is -1.04. The highest BCUT2D eigenvalue weighted by Crippen LogP contribution is 2.43. The number of hydrogen-bond donors (Lipinski definition) is 0. The van der Waals surface area contributed by atoms with Gasteiger partial charge in [0.1, 0.15) is 0 Å². The summed E-state index contributed by atoms with van der Waals surface area (Å²) in [5.74, 6) is -0.529. The molecule has 0 saturated heterocycles. The van der Waals surface area contributed by atoms with Crippen LogP contribution in [0.4, 0.5) is 26.3 Å². The highest BCUT2D eigenvalue weighted by Gasteiger charge is 2.38. The van der Waals surface area contributed by atoms with E-state index in [-0.39, 0.29) is 11.6 Å². The van der Waals surface area contributed by atoms with Crippen molar-refractivity contribution in [1.29, 1.82) is 0 Å². The summed E-state index contributed by atoms with van der Waals surface area (Å²) in [6, 6.07) is 1.80. The van der Waals surface area contributed by atoms with E-state index >= 15 is 0 Å². The molecule has 0 heterocycles. The lowest BCUT2D eigenvalue weighted by Gasteiger charge is -2.20. The molecule has 2 aliphatic carbocycles. The van der Waals surface area contributed by atoms with E-state index < -0.39 is 29.4 Å². The molecule has 2 aliphatic rings. The largest absolute Gasteiger partial charge is 0.416 e. The van der Waals surface area contributed by atoms with Crippen molar-refractivity contribution >= 4 is 0 Å². The Morgan fingerprint density at radius 3 is 2.00 bits per heavy atom. The van der Waals surface area contributed by atoms with Gasteiger partial charge in [0.15, 0.2) is 0 Å². The van der Waals surface area contributed by atoms with Crippen LogP contribution in [0.2, 0.25) is 0 Å². The quantitative estimate of drug-likeness (QED) is 0.552. The molecule has 0 amide bonds. The monoisotopic (exact) mass is 330 g/mol. The third kappa shape index (κ3) is 3.07. The van der Waals surface area contributed by atoms with Gasteiger partial charge in [-0.05, 0) is 42.2 Å². The molecule has 1 atom stereocenters. The zero-order valence-electron chi connectivity index (χ0n) is 11.8. The molecule has 0 N–H and O–H groups in total. The van der Waals surface area contributed by atoms with Crippen LogP contribution in [0.5, 0.6) is 0 Å². The molecule has 23 heavy (non-hydrogen) atoms. The second-order valence-electron chi connectivity index (χ2n) is 5.60. The van der Waals surface area contributed by atoms with E-state index in [2.05, 4.69) is 0 Å². The maximum Gasteiger partial charge on any atom is 0.416 e. The van der Waals surface area contributed by atoms with Crippen LogP contribution in [-0.2, 0) is 12.4 Å². The molecule has 1 unspecified atom stereocenters. The summed E-state index contributed by atoms with van der Waals surface area (Å²) < 4.78 is 77.7. The zero-order chi connectivity index (χ0) is 16.8. The second kappa shape index (κ2) is 5.28. The van der Waals surface area contributed by atoms with Crippen molar-refractivity contribution in [2.75, 3.05) is 0 Å². The number of alkyl halides is 6. The Morgan fingerprint density at radius 1 is 0.826 bits per heavy atom. The Labute approximate surface area is 128 Å². The smallest absolute Gasteiger partial charge is 0.166 e. The van der Waals surface area contributed by atoms with Crippen LogP contribution in [0.1, 0.15) is 35.4 Å². The van der Waals surface area contributed by atoms with Crippen molar-refractivity contribution in [3.63, 3.8) is 0 Å². The number of allylic oxidation sites excluding steroid dienone is 6. The Hall–Kier alpha value is -1.98. The van der Waals surface area contributed by atoms with Crippen LogP contribution in [0.15, 0.2) is 53.6 Å². The topological polar surface area (TPSA) is 0 Å². The third-order valence-corrected chi connectivity index (χ3v) is 4.06. The number of rotatable bonds is 1. The molecule has 1 aromatic carbocycles. The van der Waals surface area contributed by atoms with Gasteiger partial charge in [-0.25, -0.2) is 0 Å². The van der Waals surface area contributed by atoms with Crippen LogP contribution in [-0.4, -0.2) is 0 Å². The standard InChI is InChI=1S/C17H12F6/c18-16(19,20)12-7-11(8-13(9-12)17(21,22)23)15-6-5-10-3-1-2-4-14(10)15/h1,3,5-9,15H,2,4H2. The van der Waals surface area contributed by atoms with Crippen LogP contribution in [0.25, 0.3) is 0 Å². The van der Waals surface area contributed by atoms with Gasteiger partial charge >= 0.3 is 12.4 Å². The molecule has 0 nitrogen and oxygen atoms in total. The molecule has 1 aromatic rings. The van der Waals surface area contributed by atoms with E-state index in [0.717, 1.165) is 29.7 Å². The van der Waals surface area contributed by atoms with Crippen molar-refractivity contribution in [1.82, 2.24) is 0 Å². The van der Waals surface area contributed by atoms with Gasteiger partial charge in [-0.1, -0.05) is 29.9 Å². The summed E-state index contributed by atoms with van der Waals surface area (Å²) in [7, 11) is 0. The summed E-state index contributed by atoms with van der Waals surface area (Å²) in [4.78, 5) is 0. The second-order valence-corrected chi connectivity index (χ2v) is 5.60. The van der Waals surface area contributed by atoms with Crippen molar-refractivity contribution < 1.29 is 26.3 Å². The van der Waals surface area contributed by atoms with Gasteiger partial charge in [0.05, 0.1) is 11.1 Å². The molecule has 0 bridgehead atoms. The van der Waals surface area contributed by atoms with Crippen LogP contribution < -0.4 is 0 Å². The van der Waals surface area contributed by atoms with E-state index in [4.69, 9.17) is 0 Å². The van der Waals surface area contributed by atoms with Gasteiger partial charge in [0.2, 0.25) is 0 Å². The lowest BCUT2D eigenvalue weighted by Crippen LogP contribution is -2.13. The van der Waals surface area contributed by atoms with Gasteiger partial charge < -0.3 is 0 Å². The van der Waals surface area contributed by atoms with Crippen LogP contribution in [0, 0.1) is 0 Å². The summed E-state index contributed by atoms with van der Waals surface area (Å²) in [6.45, 7) is 0. The minimum atomic E-state index is -4.82. The number of benzene rings is 1. The van der Waals surface area contributed by atoms with Gasteiger partial charge in [-0.3, -0.25) is 0 Å². The molecule has 0 aromatic heterocycles. The fourth-order valence-electron chi connectivity index (χ4n) is 2.99. The molecular weight excluding hydrogens is 318 g/mol. The van der Waals surface area contributed by atoms with E-state index in [1.165, 1.54) is 0 Å². The summed E-state index contributed by atoms with van der Waals surface area (Å²) in [5, 5.41) is 0. The Morgan fingerprint density at radius 2 is 1.43 bits per heavy atom. The SMILES string of the molecule is FC(F)(F)c1cc(C2C=CC3=C2CCC=C3)cc(C(F)(F)F)c1. The van der Waals surface area contributed by atoms with Crippen LogP contribution in [0.3, 0.4) is 0 Å². The maximum absolute atomic E-state index is 12.9. The van der Waals surface area contributed by atoms with E-state index in [0.29, 0.717) is 6.42 Å². The van der Waals surface area contributed by atoms with E-state index in [9.17, 15) is 26.3 Å². The average molecular weight is 330 g/mol. The first-order chi connectivity index (χ1) is 10.7. The van der Waals surface area contributed by atoms with Gasteiger partial charge in [0.25, 0.3) is 0 Å².